The van der Waals surface area contributed by atoms with Crippen LogP contribution in [0.15, 0.2) is 22.8 Å². The van der Waals surface area contributed by atoms with Crippen LogP contribution in [0.3, 0.4) is 0 Å². The topological polar surface area (TPSA) is 283 Å². The van der Waals surface area contributed by atoms with Crippen molar-refractivity contribution < 1.29 is 84.3 Å². The Bertz CT molecular complexity index is 1640. The van der Waals surface area contributed by atoms with Crippen molar-refractivity contribution in [3.8, 4) is 0 Å². The van der Waals surface area contributed by atoms with E-state index in [-0.39, 0.29) is 50.2 Å². The summed E-state index contributed by atoms with van der Waals surface area (Å²) in [4.78, 5) is 27.0. The van der Waals surface area contributed by atoms with E-state index in [0.29, 0.717) is 18.4 Å². The number of fused-ring (bicyclic) bond motifs is 5. The number of cyclic esters (lactones) is 1. The summed E-state index contributed by atoms with van der Waals surface area (Å²) in [5.74, 6) is -1.47. The van der Waals surface area contributed by atoms with Gasteiger partial charge in [-0.05, 0) is 78.1 Å². The van der Waals surface area contributed by atoms with Gasteiger partial charge in [-0.3, -0.25) is 4.79 Å². The van der Waals surface area contributed by atoms with Crippen molar-refractivity contribution in [1.82, 2.24) is 0 Å². The number of ketones is 1. The predicted octanol–water partition coefficient (Wildman–Crippen LogP) is -1.61. The van der Waals surface area contributed by atoms with Gasteiger partial charge in [-0.1, -0.05) is 24.1 Å². The third-order valence-corrected chi connectivity index (χ3v) is 15.7. The van der Waals surface area contributed by atoms with Gasteiger partial charge in [0.05, 0.1) is 30.3 Å². The highest BCUT2D eigenvalue weighted by Crippen LogP contribution is 2.70. The van der Waals surface area contributed by atoms with Crippen LogP contribution in [0.1, 0.15) is 86.0 Å². The molecule has 0 radical (unpaired) electrons. The standard InChI is InChI=1S/C40H60O17/c1-17-12-26(56-33(49)18(17)2)38(5,50)40(52)11-10-39(51)22-7-6-19-13-20(14-25(43)37(19,4)21(22)8-9-36(39,40)3)53-34-31(48)29(46)32(24(16-42)55-34)57-35-30(47)28(45)27(44)23(15-41)54-35/h6,20-24,26-32,34-35,41-42,44-48,50-52H,7-16H2,1-5H3/t20-,21-,22-,23-,24-,26+,27-,28+,29-,30-,31-,32-,34-,35+,36+,37+,38+,39-,40+/m1/s1. The molecule has 7 rings (SSSR count). The van der Waals surface area contributed by atoms with E-state index in [4.69, 9.17) is 23.7 Å². The van der Waals surface area contributed by atoms with Gasteiger partial charge in [-0.25, -0.2) is 4.79 Å². The fraction of sp³-hybridized carbons (Fsp3) is 0.850. The van der Waals surface area contributed by atoms with E-state index in [1.807, 2.05) is 13.0 Å². The molecule has 0 amide bonds. The van der Waals surface area contributed by atoms with Gasteiger partial charge in [0.15, 0.2) is 12.6 Å². The van der Waals surface area contributed by atoms with Crippen LogP contribution >= 0.6 is 0 Å². The minimum Gasteiger partial charge on any atom is -0.455 e. The summed E-state index contributed by atoms with van der Waals surface area (Å²) in [6, 6.07) is 0. The molecule has 3 heterocycles. The van der Waals surface area contributed by atoms with Gasteiger partial charge in [0.25, 0.3) is 0 Å². The zero-order valence-electron chi connectivity index (χ0n) is 33.1. The summed E-state index contributed by atoms with van der Waals surface area (Å²) in [7, 11) is 0. The van der Waals surface area contributed by atoms with Crippen LogP contribution in [0.25, 0.3) is 0 Å². The molecule has 57 heavy (non-hydrogen) atoms. The first-order valence-electron chi connectivity index (χ1n) is 20.1. The zero-order chi connectivity index (χ0) is 41.8. The largest absolute Gasteiger partial charge is 0.455 e. The Morgan fingerprint density at radius 3 is 2.09 bits per heavy atom. The number of carbonyl (C=O) groups is 2. The minimum atomic E-state index is -1.90. The minimum absolute atomic E-state index is 0.0575. The molecule has 19 atom stereocenters. The SMILES string of the molecule is CC1=C(C)C(=O)O[C@H]([C@](C)(O)[C@]2(O)CC[C@@]3(O)[C@@H]4CC=C5C[C@@H](O[C@@H]6O[C@H](CO)[C@@H](O[C@@H]7O[C@H](CO)[C@@H](O)[C@H](O)[C@H]7O)[C@H](O)[C@H]6O)CC(=O)[C@]5(C)[C@@H]4CC[C@]23C)C1. The molecule has 0 spiro atoms. The second kappa shape index (κ2) is 14.9. The number of carbonyl (C=O) groups excluding carboxylic acids is 2. The summed E-state index contributed by atoms with van der Waals surface area (Å²) in [5.41, 5.74) is -5.39. The van der Waals surface area contributed by atoms with E-state index in [0.717, 1.165) is 11.1 Å². The summed E-state index contributed by atoms with van der Waals surface area (Å²) in [6.07, 6.45) is -14.3. The zero-order valence-corrected chi connectivity index (χ0v) is 33.1. The molecule has 3 saturated carbocycles. The van der Waals surface area contributed by atoms with E-state index < -0.39 is 126 Å². The highest BCUT2D eigenvalue weighted by atomic mass is 16.7. The number of aliphatic hydroxyl groups excluding tert-OH is 7. The third kappa shape index (κ3) is 6.25. The maximum absolute atomic E-state index is 14.3. The Kier molecular flexibility index (Phi) is 11.3. The smallest absolute Gasteiger partial charge is 0.334 e. The van der Waals surface area contributed by atoms with Crippen LogP contribution in [0.5, 0.6) is 0 Å². The molecule has 17 heteroatoms. The molecule has 0 aromatic heterocycles. The number of ether oxygens (including phenoxy) is 5. The number of Topliss-reactive ketones (excluding diaryl/α,β-unsaturated/α-hetero) is 1. The molecule has 7 aliphatic rings. The van der Waals surface area contributed by atoms with E-state index in [1.54, 1.807) is 20.8 Å². The highest BCUT2D eigenvalue weighted by molar-refractivity contribution is 5.90. The van der Waals surface area contributed by atoms with Crippen LogP contribution in [0.4, 0.5) is 0 Å². The van der Waals surface area contributed by atoms with Crippen molar-refractivity contribution in [1.29, 1.82) is 0 Å². The molecular weight excluding hydrogens is 752 g/mol. The molecular formula is C40H60O17. The maximum atomic E-state index is 14.3. The number of allylic oxidation sites excluding steroid dienone is 1. The molecule has 17 nitrogen and oxygen atoms in total. The number of rotatable bonds is 8. The molecule has 0 aromatic rings. The van der Waals surface area contributed by atoms with Gasteiger partial charge < -0.3 is 74.7 Å². The first-order valence-corrected chi connectivity index (χ1v) is 20.1. The lowest BCUT2D eigenvalue weighted by Crippen LogP contribution is -2.72. The average molecular weight is 813 g/mol. The highest BCUT2D eigenvalue weighted by Gasteiger charge is 2.76. The predicted molar refractivity (Wildman–Crippen MR) is 193 cm³/mol. The second-order valence-electron chi connectivity index (χ2n) is 18.3. The van der Waals surface area contributed by atoms with Crippen LogP contribution in [0, 0.1) is 22.7 Å². The molecule has 5 fully saturated rings. The summed E-state index contributed by atoms with van der Waals surface area (Å²) < 4.78 is 28.6. The molecule has 3 aliphatic heterocycles. The number of esters is 1. The lowest BCUT2D eigenvalue weighted by Gasteiger charge is -2.63. The monoisotopic (exact) mass is 812 g/mol. The van der Waals surface area contributed by atoms with Crippen LogP contribution in [-0.2, 0) is 33.3 Å². The Hall–Kier alpha value is -1.94. The molecule has 0 aromatic carbocycles. The van der Waals surface area contributed by atoms with E-state index in [1.165, 1.54) is 6.92 Å². The van der Waals surface area contributed by atoms with Crippen molar-refractivity contribution in [3.05, 3.63) is 22.8 Å². The Morgan fingerprint density at radius 1 is 0.807 bits per heavy atom. The Morgan fingerprint density at radius 2 is 1.44 bits per heavy atom. The van der Waals surface area contributed by atoms with E-state index in [2.05, 4.69) is 0 Å². The summed E-state index contributed by atoms with van der Waals surface area (Å²) >= 11 is 0. The molecule has 10 N–H and O–H groups in total. The third-order valence-electron chi connectivity index (χ3n) is 15.7. The average Bonchev–Trinajstić information content (AvgIpc) is 3.40. The van der Waals surface area contributed by atoms with Crippen LogP contribution in [0.2, 0.25) is 0 Å². The van der Waals surface area contributed by atoms with Gasteiger partial charge in [0.2, 0.25) is 0 Å². The molecule has 0 bridgehead atoms. The summed E-state index contributed by atoms with van der Waals surface area (Å²) in [5, 5.41) is 110. The fourth-order valence-corrected chi connectivity index (χ4v) is 11.7. The number of aliphatic hydroxyl groups is 10. The van der Waals surface area contributed by atoms with Gasteiger partial charge >= 0.3 is 5.97 Å². The Balaban J connectivity index is 1.06. The lowest BCUT2D eigenvalue weighted by molar-refractivity contribution is -0.362. The lowest BCUT2D eigenvalue weighted by atomic mass is 9.44. The molecule has 2 saturated heterocycles. The summed E-state index contributed by atoms with van der Waals surface area (Å²) in [6.45, 7) is 7.14. The van der Waals surface area contributed by atoms with Crippen molar-refractivity contribution >= 4 is 11.8 Å². The van der Waals surface area contributed by atoms with Crippen LogP contribution in [-0.4, -0.2) is 166 Å². The van der Waals surface area contributed by atoms with Gasteiger partial charge in [0.1, 0.15) is 71.9 Å². The quantitative estimate of drug-likeness (QED) is 0.0975. The number of hydrogen-bond acceptors (Lipinski definition) is 17. The molecule has 322 valence electrons. The molecule has 0 unspecified atom stereocenters. The maximum Gasteiger partial charge on any atom is 0.334 e. The normalized spacial score (nSPS) is 51.3. The van der Waals surface area contributed by atoms with Gasteiger partial charge in [-0.15, -0.1) is 0 Å². The van der Waals surface area contributed by atoms with Crippen molar-refractivity contribution in [2.45, 2.75) is 176 Å². The van der Waals surface area contributed by atoms with Gasteiger partial charge in [-0.2, -0.15) is 0 Å². The van der Waals surface area contributed by atoms with Crippen molar-refractivity contribution in [3.63, 3.8) is 0 Å². The second-order valence-corrected chi connectivity index (χ2v) is 18.3. The first-order chi connectivity index (χ1) is 26.6. The number of hydrogen-bond donors (Lipinski definition) is 10. The Labute approximate surface area is 330 Å². The first kappa shape index (κ1) is 43.2. The van der Waals surface area contributed by atoms with E-state index in [9.17, 15) is 60.7 Å². The molecule has 4 aliphatic carbocycles. The van der Waals surface area contributed by atoms with Gasteiger partial charge in [0, 0.05) is 23.8 Å². The van der Waals surface area contributed by atoms with Crippen molar-refractivity contribution in [2.75, 3.05) is 13.2 Å². The van der Waals surface area contributed by atoms with E-state index >= 15 is 0 Å². The van der Waals surface area contributed by atoms with Crippen molar-refractivity contribution in [2.24, 2.45) is 22.7 Å². The fourth-order valence-electron chi connectivity index (χ4n) is 11.7. The van der Waals surface area contributed by atoms with Crippen LogP contribution < -0.4 is 0 Å².